The number of hydrogen-bond acceptors (Lipinski definition) is 4. The van der Waals surface area contributed by atoms with E-state index < -0.39 is 0 Å². The monoisotopic (exact) mass is 401 g/mol. The molecule has 1 aliphatic rings. The SMILES string of the molecule is C[C@@H]1CCc2c(sc3ncn(CC(=O)NCc4ccc(Cl)cc4)c(=O)c23)C1. The van der Waals surface area contributed by atoms with Crippen LogP contribution >= 0.6 is 22.9 Å². The van der Waals surface area contributed by atoms with Crippen molar-refractivity contribution in [1.29, 1.82) is 0 Å². The minimum Gasteiger partial charge on any atom is -0.350 e. The average Bonchev–Trinajstić information content (AvgIpc) is 3.01. The van der Waals surface area contributed by atoms with Crippen molar-refractivity contribution in [2.45, 2.75) is 39.3 Å². The fourth-order valence-electron chi connectivity index (χ4n) is 3.49. The van der Waals surface area contributed by atoms with Crippen molar-refractivity contribution in [3.8, 4) is 0 Å². The lowest BCUT2D eigenvalue weighted by atomic mass is 9.89. The lowest BCUT2D eigenvalue weighted by molar-refractivity contribution is -0.121. The maximum Gasteiger partial charge on any atom is 0.262 e. The number of rotatable bonds is 4. The van der Waals surface area contributed by atoms with Crippen LogP contribution in [0.3, 0.4) is 0 Å². The number of thiophene rings is 1. The molecule has 0 saturated carbocycles. The molecule has 1 aromatic carbocycles. The zero-order valence-electron chi connectivity index (χ0n) is 15.0. The molecule has 0 unspecified atom stereocenters. The summed E-state index contributed by atoms with van der Waals surface area (Å²) in [5.74, 6) is 0.428. The highest BCUT2D eigenvalue weighted by Gasteiger charge is 2.23. The molecule has 140 valence electrons. The summed E-state index contributed by atoms with van der Waals surface area (Å²) in [6.07, 6.45) is 4.50. The van der Waals surface area contributed by atoms with Crippen LogP contribution in [-0.4, -0.2) is 15.5 Å². The fourth-order valence-corrected chi connectivity index (χ4v) is 4.96. The second-order valence-electron chi connectivity index (χ2n) is 7.11. The maximum atomic E-state index is 12.9. The Hall–Kier alpha value is -2.18. The van der Waals surface area contributed by atoms with E-state index in [1.165, 1.54) is 15.8 Å². The molecule has 0 spiro atoms. The summed E-state index contributed by atoms with van der Waals surface area (Å²) in [4.78, 5) is 31.7. The second kappa shape index (κ2) is 7.44. The Morgan fingerprint density at radius 2 is 2.15 bits per heavy atom. The van der Waals surface area contributed by atoms with Gasteiger partial charge in [-0.1, -0.05) is 30.7 Å². The summed E-state index contributed by atoms with van der Waals surface area (Å²) in [6.45, 7) is 2.60. The molecule has 1 N–H and O–H groups in total. The summed E-state index contributed by atoms with van der Waals surface area (Å²) >= 11 is 7.48. The number of amides is 1. The number of halogens is 1. The molecule has 27 heavy (non-hydrogen) atoms. The van der Waals surface area contributed by atoms with E-state index in [9.17, 15) is 9.59 Å². The first-order valence-electron chi connectivity index (χ1n) is 9.02. The van der Waals surface area contributed by atoms with Crippen LogP contribution in [0.15, 0.2) is 35.4 Å². The highest BCUT2D eigenvalue weighted by atomic mass is 35.5. The summed E-state index contributed by atoms with van der Waals surface area (Å²) in [5.41, 5.74) is 1.98. The van der Waals surface area contributed by atoms with Gasteiger partial charge in [-0.3, -0.25) is 14.2 Å². The topological polar surface area (TPSA) is 64.0 Å². The number of nitrogens with one attached hydrogen (secondary N) is 1. The molecule has 0 bridgehead atoms. The smallest absolute Gasteiger partial charge is 0.262 e. The Bertz CT molecular complexity index is 1060. The number of hydrogen-bond donors (Lipinski definition) is 1. The van der Waals surface area contributed by atoms with E-state index in [2.05, 4.69) is 17.2 Å². The van der Waals surface area contributed by atoms with E-state index in [0.29, 0.717) is 22.9 Å². The van der Waals surface area contributed by atoms with E-state index in [-0.39, 0.29) is 18.0 Å². The van der Waals surface area contributed by atoms with Crippen molar-refractivity contribution >= 4 is 39.1 Å². The van der Waals surface area contributed by atoms with E-state index in [1.54, 1.807) is 23.5 Å². The van der Waals surface area contributed by atoms with Crippen LogP contribution in [0.2, 0.25) is 5.02 Å². The molecule has 2 aromatic heterocycles. The zero-order valence-corrected chi connectivity index (χ0v) is 16.6. The van der Waals surface area contributed by atoms with Crippen molar-refractivity contribution in [2.75, 3.05) is 0 Å². The number of aryl methyl sites for hydroxylation is 1. The predicted molar refractivity (Wildman–Crippen MR) is 108 cm³/mol. The van der Waals surface area contributed by atoms with Gasteiger partial charge in [0.25, 0.3) is 5.56 Å². The number of carbonyl (C=O) groups is 1. The zero-order chi connectivity index (χ0) is 19.0. The Kier molecular flexibility index (Phi) is 5.02. The molecule has 2 heterocycles. The Morgan fingerprint density at radius 3 is 2.93 bits per heavy atom. The van der Waals surface area contributed by atoms with E-state index in [1.807, 2.05) is 12.1 Å². The molecule has 3 aromatic rings. The van der Waals surface area contributed by atoms with Crippen LogP contribution in [0, 0.1) is 5.92 Å². The molecule has 0 radical (unpaired) electrons. The van der Waals surface area contributed by atoms with Crippen LogP contribution in [-0.2, 0) is 30.7 Å². The lowest BCUT2D eigenvalue weighted by Gasteiger charge is -2.17. The van der Waals surface area contributed by atoms with Crippen molar-refractivity contribution in [3.05, 3.63) is 62.0 Å². The third kappa shape index (κ3) is 3.77. The average molecular weight is 402 g/mol. The van der Waals surface area contributed by atoms with Crippen molar-refractivity contribution in [3.63, 3.8) is 0 Å². The highest BCUT2D eigenvalue weighted by Crippen LogP contribution is 2.35. The van der Waals surface area contributed by atoms with Gasteiger partial charge >= 0.3 is 0 Å². The summed E-state index contributed by atoms with van der Waals surface area (Å²) < 4.78 is 1.41. The first kappa shape index (κ1) is 18.2. The summed E-state index contributed by atoms with van der Waals surface area (Å²) in [6, 6.07) is 7.29. The normalized spacial score (nSPS) is 16.3. The first-order chi connectivity index (χ1) is 13.0. The molecule has 0 saturated heterocycles. The largest absolute Gasteiger partial charge is 0.350 e. The maximum absolute atomic E-state index is 12.9. The molecule has 1 atom stereocenters. The Morgan fingerprint density at radius 1 is 1.37 bits per heavy atom. The highest BCUT2D eigenvalue weighted by molar-refractivity contribution is 7.18. The van der Waals surface area contributed by atoms with Crippen LogP contribution in [0.25, 0.3) is 10.2 Å². The van der Waals surface area contributed by atoms with Crippen LogP contribution < -0.4 is 10.9 Å². The number of benzene rings is 1. The van der Waals surface area contributed by atoms with Gasteiger partial charge in [-0.25, -0.2) is 4.98 Å². The van der Waals surface area contributed by atoms with Gasteiger partial charge in [0.1, 0.15) is 11.4 Å². The summed E-state index contributed by atoms with van der Waals surface area (Å²) in [7, 11) is 0. The van der Waals surface area contributed by atoms with Crippen LogP contribution in [0.5, 0.6) is 0 Å². The van der Waals surface area contributed by atoms with Crippen molar-refractivity contribution < 1.29 is 4.79 Å². The van der Waals surface area contributed by atoms with Gasteiger partial charge < -0.3 is 5.32 Å². The van der Waals surface area contributed by atoms with Gasteiger partial charge in [-0.15, -0.1) is 11.3 Å². The van der Waals surface area contributed by atoms with E-state index >= 15 is 0 Å². The minimum atomic E-state index is -0.217. The van der Waals surface area contributed by atoms with E-state index in [4.69, 9.17) is 11.6 Å². The first-order valence-corrected chi connectivity index (χ1v) is 10.2. The molecular formula is C20H20ClN3O2S. The fraction of sp³-hybridized carbons (Fsp3) is 0.350. The number of carbonyl (C=O) groups excluding carboxylic acids is 1. The minimum absolute atomic E-state index is 0.0314. The van der Waals surface area contributed by atoms with Gasteiger partial charge in [-0.2, -0.15) is 0 Å². The molecule has 0 aliphatic heterocycles. The van der Waals surface area contributed by atoms with Gasteiger partial charge in [0, 0.05) is 16.4 Å². The van der Waals surface area contributed by atoms with Crippen molar-refractivity contribution in [2.24, 2.45) is 5.92 Å². The van der Waals surface area contributed by atoms with Gasteiger partial charge in [-0.05, 0) is 48.4 Å². The van der Waals surface area contributed by atoms with Gasteiger partial charge in [0.05, 0.1) is 11.7 Å². The standard InChI is InChI=1S/C20H20ClN3O2S/c1-12-2-7-15-16(8-12)27-19-18(15)20(26)24(11-23-19)10-17(25)22-9-13-3-5-14(21)6-4-13/h3-6,11-12H,2,7-10H2,1H3,(H,22,25)/t12-/m1/s1. The predicted octanol–water partition coefficient (Wildman–Crippen LogP) is 3.55. The number of nitrogens with zero attached hydrogens (tertiary/aromatic N) is 2. The molecule has 4 rings (SSSR count). The second-order valence-corrected chi connectivity index (χ2v) is 8.63. The molecule has 7 heteroatoms. The molecule has 5 nitrogen and oxygen atoms in total. The van der Waals surface area contributed by atoms with Gasteiger partial charge in [0.2, 0.25) is 5.91 Å². The number of fused-ring (bicyclic) bond motifs is 3. The Balaban J connectivity index is 1.52. The quantitative estimate of drug-likeness (QED) is 0.727. The molecule has 1 aliphatic carbocycles. The third-order valence-corrected chi connectivity index (χ3v) is 6.41. The van der Waals surface area contributed by atoms with E-state index in [0.717, 1.165) is 35.2 Å². The molecule has 1 amide bonds. The van der Waals surface area contributed by atoms with Gasteiger partial charge in [0.15, 0.2) is 0 Å². The Labute approximate surface area is 166 Å². The van der Waals surface area contributed by atoms with Crippen LogP contribution in [0.4, 0.5) is 0 Å². The third-order valence-electron chi connectivity index (χ3n) is 5.00. The summed E-state index contributed by atoms with van der Waals surface area (Å²) in [5, 5.41) is 4.20. The van der Waals surface area contributed by atoms with Crippen molar-refractivity contribution in [1.82, 2.24) is 14.9 Å². The molecular weight excluding hydrogens is 382 g/mol. The van der Waals surface area contributed by atoms with Crippen LogP contribution in [0.1, 0.15) is 29.3 Å². The number of aromatic nitrogens is 2. The lowest BCUT2D eigenvalue weighted by Crippen LogP contribution is -2.32. The molecule has 0 fully saturated rings.